The Morgan fingerprint density at radius 1 is 1.04 bits per heavy atom. The minimum atomic E-state index is -0.343. The van der Waals surface area contributed by atoms with Crippen LogP contribution in [0.3, 0.4) is 0 Å². The minimum absolute atomic E-state index is 0.0331. The van der Waals surface area contributed by atoms with Gasteiger partial charge in [-0.15, -0.1) is 0 Å². The molecule has 0 saturated heterocycles. The number of hydrogen-bond acceptors (Lipinski definition) is 5. The third kappa shape index (κ3) is 2.43. The molecule has 4 fully saturated rings. The summed E-state index contributed by atoms with van der Waals surface area (Å²) in [5.41, 5.74) is 1.09. The van der Waals surface area contributed by atoms with Crippen LogP contribution >= 0.6 is 0 Å². The highest BCUT2D eigenvalue weighted by atomic mass is 16.5. The lowest BCUT2D eigenvalue weighted by atomic mass is 9.44. The summed E-state index contributed by atoms with van der Waals surface area (Å²) >= 11 is 0. The van der Waals surface area contributed by atoms with Gasteiger partial charge in [-0.3, -0.25) is 0 Å². The van der Waals surface area contributed by atoms with E-state index in [2.05, 4.69) is 19.0 Å². The van der Waals surface area contributed by atoms with Gasteiger partial charge in [0.2, 0.25) is 0 Å². The van der Waals surface area contributed by atoms with Crippen molar-refractivity contribution in [3.63, 3.8) is 0 Å². The Bertz CT molecular complexity index is 580. The minimum Gasteiger partial charge on any atom is -0.411 e. The second kappa shape index (κ2) is 6.46. The van der Waals surface area contributed by atoms with Crippen LogP contribution in [0.2, 0.25) is 0 Å². The standard InChI is InChI=1S/C21H35NO4/c1-20-10-16(25-3)15(23)9-12(20)5-6-13-14-7-8-18(22-24)21(14,2)11-17(26-4)19(13)20/h12-17,19,23-24H,5-11H2,1-4H3/b22-18+/t12-,13-,14-,15-,16-,17-,19+,20-,21-/m0/s1. The first-order valence-corrected chi connectivity index (χ1v) is 10.3. The summed E-state index contributed by atoms with van der Waals surface area (Å²) in [5, 5.41) is 23.8. The predicted octanol–water partition coefficient (Wildman–Crippen LogP) is 3.47. The van der Waals surface area contributed by atoms with Crippen molar-refractivity contribution in [1.29, 1.82) is 0 Å². The van der Waals surface area contributed by atoms with Crippen molar-refractivity contribution >= 4 is 5.71 Å². The molecule has 0 aliphatic heterocycles. The highest BCUT2D eigenvalue weighted by Crippen LogP contribution is 2.66. The van der Waals surface area contributed by atoms with E-state index in [0.29, 0.717) is 23.7 Å². The Hall–Kier alpha value is -0.650. The zero-order chi connectivity index (χ0) is 18.7. The van der Waals surface area contributed by atoms with Crippen molar-refractivity contribution in [1.82, 2.24) is 0 Å². The molecule has 0 heterocycles. The van der Waals surface area contributed by atoms with Gasteiger partial charge in [0, 0.05) is 19.6 Å². The Morgan fingerprint density at radius 3 is 2.42 bits per heavy atom. The number of ether oxygens (including phenoxy) is 2. The molecule has 4 saturated carbocycles. The molecule has 5 heteroatoms. The van der Waals surface area contributed by atoms with Crippen LogP contribution in [0.25, 0.3) is 0 Å². The number of fused-ring (bicyclic) bond motifs is 5. The smallest absolute Gasteiger partial charge is 0.0835 e. The number of methoxy groups -OCH3 is 2. The van der Waals surface area contributed by atoms with Gasteiger partial charge in [-0.2, -0.15) is 0 Å². The molecular weight excluding hydrogens is 330 g/mol. The molecule has 0 spiro atoms. The topological polar surface area (TPSA) is 71.3 Å². The van der Waals surface area contributed by atoms with Crippen LogP contribution in [-0.2, 0) is 9.47 Å². The van der Waals surface area contributed by atoms with Crippen molar-refractivity contribution in [2.24, 2.45) is 39.7 Å². The van der Waals surface area contributed by atoms with E-state index in [1.807, 2.05) is 7.11 Å². The molecule has 0 unspecified atom stereocenters. The van der Waals surface area contributed by atoms with Gasteiger partial charge in [-0.05, 0) is 74.0 Å². The number of aliphatic hydroxyl groups excluding tert-OH is 1. The highest BCUT2D eigenvalue weighted by molar-refractivity contribution is 5.92. The molecule has 9 atom stereocenters. The molecule has 26 heavy (non-hydrogen) atoms. The molecule has 4 aliphatic rings. The van der Waals surface area contributed by atoms with Gasteiger partial charge in [-0.1, -0.05) is 19.0 Å². The van der Waals surface area contributed by atoms with Crippen molar-refractivity contribution in [2.45, 2.75) is 77.1 Å². The van der Waals surface area contributed by atoms with Crippen LogP contribution in [0.15, 0.2) is 5.16 Å². The van der Waals surface area contributed by atoms with E-state index in [-0.39, 0.29) is 29.1 Å². The van der Waals surface area contributed by atoms with Crippen LogP contribution in [0.4, 0.5) is 0 Å². The van der Waals surface area contributed by atoms with E-state index in [1.165, 1.54) is 12.8 Å². The predicted molar refractivity (Wildman–Crippen MR) is 99.3 cm³/mol. The number of nitrogens with zero attached hydrogens (tertiary/aromatic N) is 1. The fraction of sp³-hybridized carbons (Fsp3) is 0.952. The number of aliphatic hydroxyl groups is 1. The maximum atomic E-state index is 10.5. The maximum Gasteiger partial charge on any atom is 0.0835 e. The molecular formula is C21H35NO4. The highest BCUT2D eigenvalue weighted by Gasteiger charge is 2.63. The largest absolute Gasteiger partial charge is 0.411 e. The normalized spacial score (nSPS) is 55.3. The molecule has 0 amide bonds. The van der Waals surface area contributed by atoms with Gasteiger partial charge >= 0.3 is 0 Å². The van der Waals surface area contributed by atoms with Crippen LogP contribution < -0.4 is 0 Å². The van der Waals surface area contributed by atoms with E-state index in [1.54, 1.807) is 7.11 Å². The Labute approximate surface area is 157 Å². The lowest BCUT2D eigenvalue weighted by Crippen LogP contribution is -2.61. The maximum absolute atomic E-state index is 10.5. The molecule has 0 bridgehead atoms. The third-order valence-corrected chi connectivity index (χ3v) is 9.04. The van der Waals surface area contributed by atoms with Crippen LogP contribution in [0, 0.1) is 34.5 Å². The summed E-state index contributed by atoms with van der Waals surface area (Å²) in [6.07, 6.45) is 6.90. The van der Waals surface area contributed by atoms with Crippen molar-refractivity contribution < 1.29 is 19.8 Å². The molecule has 0 aromatic rings. The lowest BCUT2D eigenvalue weighted by Gasteiger charge is -2.63. The van der Waals surface area contributed by atoms with Crippen LogP contribution in [0.5, 0.6) is 0 Å². The van der Waals surface area contributed by atoms with E-state index < -0.39 is 0 Å². The van der Waals surface area contributed by atoms with Gasteiger partial charge in [0.15, 0.2) is 0 Å². The van der Waals surface area contributed by atoms with Crippen LogP contribution in [-0.4, -0.2) is 48.6 Å². The summed E-state index contributed by atoms with van der Waals surface area (Å²) in [5.74, 6) is 2.22. The van der Waals surface area contributed by atoms with Gasteiger partial charge in [0.25, 0.3) is 0 Å². The van der Waals surface area contributed by atoms with Gasteiger partial charge < -0.3 is 19.8 Å². The number of hydrogen-bond donors (Lipinski definition) is 2. The first-order valence-electron chi connectivity index (χ1n) is 10.3. The molecule has 4 aliphatic carbocycles. The second-order valence-electron chi connectivity index (χ2n) is 9.84. The molecule has 148 valence electrons. The fourth-order valence-electron chi connectivity index (χ4n) is 7.76. The summed E-state index contributed by atoms with van der Waals surface area (Å²) < 4.78 is 11.8. The third-order valence-electron chi connectivity index (χ3n) is 9.04. The van der Waals surface area contributed by atoms with E-state index >= 15 is 0 Å². The van der Waals surface area contributed by atoms with E-state index in [4.69, 9.17) is 9.47 Å². The zero-order valence-electron chi connectivity index (χ0n) is 16.6. The van der Waals surface area contributed by atoms with Gasteiger partial charge in [0.05, 0.1) is 24.0 Å². The second-order valence-corrected chi connectivity index (χ2v) is 9.84. The first kappa shape index (κ1) is 18.7. The quantitative estimate of drug-likeness (QED) is 0.581. The summed E-state index contributed by atoms with van der Waals surface area (Å²) in [4.78, 5) is 0. The van der Waals surface area contributed by atoms with Crippen LogP contribution in [0.1, 0.15) is 58.8 Å². The lowest BCUT2D eigenvalue weighted by molar-refractivity contribution is -0.196. The number of oxime groups is 1. The van der Waals surface area contributed by atoms with Crippen molar-refractivity contribution in [3.8, 4) is 0 Å². The average molecular weight is 366 g/mol. The van der Waals surface area contributed by atoms with E-state index in [0.717, 1.165) is 37.8 Å². The molecule has 0 aromatic carbocycles. The monoisotopic (exact) mass is 365 g/mol. The average Bonchev–Trinajstić information content (AvgIpc) is 2.96. The number of rotatable bonds is 2. The van der Waals surface area contributed by atoms with Crippen molar-refractivity contribution in [2.75, 3.05) is 14.2 Å². The molecule has 4 rings (SSSR count). The molecule has 2 N–H and O–H groups in total. The zero-order valence-corrected chi connectivity index (χ0v) is 16.6. The fourth-order valence-corrected chi connectivity index (χ4v) is 7.76. The van der Waals surface area contributed by atoms with E-state index in [9.17, 15) is 10.3 Å². The van der Waals surface area contributed by atoms with Gasteiger partial charge in [0.1, 0.15) is 0 Å². The summed E-state index contributed by atoms with van der Waals surface area (Å²) in [6, 6.07) is 0. The molecule has 5 nitrogen and oxygen atoms in total. The summed E-state index contributed by atoms with van der Waals surface area (Å²) in [7, 11) is 3.57. The SMILES string of the molecule is CO[C@H]1C[C@]2(C)/C(=N/O)CC[C@H]2[C@@H]2CC[C@H]3C[C@H](O)[C@@H](OC)C[C@]3(C)[C@H]21. The Kier molecular flexibility index (Phi) is 4.64. The van der Waals surface area contributed by atoms with Crippen molar-refractivity contribution in [3.05, 3.63) is 0 Å². The molecule has 0 aromatic heterocycles. The summed E-state index contributed by atoms with van der Waals surface area (Å²) in [6.45, 7) is 4.72. The first-order chi connectivity index (χ1) is 12.4. The Morgan fingerprint density at radius 2 is 1.77 bits per heavy atom. The van der Waals surface area contributed by atoms with Gasteiger partial charge in [-0.25, -0.2) is 0 Å². The molecule has 0 radical (unpaired) electrons. The Balaban J connectivity index is 1.71.